The zero-order valence-electron chi connectivity index (χ0n) is 11.3. The van der Waals surface area contributed by atoms with Crippen LogP contribution in [-0.4, -0.2) is 11.9 Å². The number of nitrogens with one attached hydrogen (secondary N) is 1. The normalized spacial score (nSPS) is 29.6. The molecule has 1 saturated carbocycles. The van der Waals surface area contributed by atoms with Crippen LogP contribution in [0.2, 0.25) is 5.02 Å². The molecule has 2 aliphatic rings. The van der Waals surface area contributed by atoms with E-state index in [1.165, 1.54) is 0 Å². The Hall–Kier alpha value is -1.81. The van der Waals surface area contributed by atoms with Crippen LogP contribution >= 0.6 is 11.6 Å². The van der Waals surface area contributed by atoms with Gasteiger partial charge in [-0.05, 0) is 36.0 Å². The lowest BCUT2D eigenvalue weighted by atomic mass is 9.82. The van der Waals surface area contributed by atoms with E-state index in [0.29, 0.717) is 11.6 Å². The van der Waals surface area contributed by atoms with Crippen LogP contribution in [0.5, 0.6) is 0 Å². The monoisotopic (exact) mass is 304 g/mol. The van der Waals surface area contributed by atoms with Crippen molar-refractivity contribution in [1.29, 1.82) is 0 Å². The van der Waals surface area contributed by atoms with Crippen molar-refractivity contribution in [3.05, 3.63) is 47.0 Å². The third-order valence-electron chi connectivity index (χ3n) is 4.39. The van der Waals surface area contributed by atoms with Gasteiger partial charge in [0, 0.05) is 23.5 Å². The summed E-state index contributed by atoms with van der Waals surface area (Å²) < 4.78 is 0. The fourth-order valence-electron chi connectivity index (χ4n) is 3.45. The summed E-state index contributed by atoms with van der Waals surface area (Å²) in [6, 6.07) is 7.22. The largest absolute Gasteiger partial charge is 0.550 e. The molecule has 0 aromatic heterocycles. The van der Waals surface area contributed by atoms with Crippen LogP contribution in [0.25, 0.3) is 0 Å². The van der Waals surface area contributed by atoms with Gasteiger partial charge in [0.15, 0.2) is 0 Å². The summed E-state index contributed by atoms with van der Waals surface area (Å²) in [6.07, 6.45) is 4.58. The maximum absolute atomic E-state index is 12.3. The number of carboxylic acids is 1. The average Bonchev–Trinajstić information content (AvgIpc) is 3.05. The first-order chi connectivity index (χ1) is 10.1. The molecule has 0 aliphatic heterocycles. The number of carbonyl (C=O) groups excluding carboxylic acids is 2. The summed E-state index contributed by atoms with van der Waals surface area (Å²) >= 11 is 5.90. The molecule has 4 atom stereocenters. The van der Waals surface area contributed by atoms with E-state index >= 15 is 0 Å². The maximum atomic E-state index is 12.3. The molecule has 0 heterocycles. The lowest BCUT2D eigenvalue weighted by Crippen LogP contribution is -2.44. The van der Waals surface area contributed by atoms with Gasteiger partial charge in [-0.3, -0.25) is 4.79 Å². The predicted molar refractivity (Wildman–Crippen MR) is 76.0 cm³/mol. The van der Waals surface area contributed by atoms with Gasteiger partial charge in [0.2, 0.25) is 5.91 Å². The van der Waals surface area contributed by atoms with Crippen molar-refractivity contribution in [3.8, 4) is 0 Å². The van der Waals surface area contributed by atoms with E-state index in [-0.39, 0.29) is 17.7 Å². The van der Waals surface area contributed by atoms with Gasteiger partial charge < -0.3 is 15.2 Å². The molecule has 4 nitrogen and oxygen atoms in total. The Labute approximate surface area is 127 Å². The fourth-order valence-corrected chi connectivity index (χ4v) is 3.67. The minimum Gasteiger partial charge on any atom is -0.550 e. The summed E-state index contributed by atoms with van der Waals surface area (Å²) in [6.45, 7) is 0.344. The number of aliphatic carboxylic acids is 1. The van der Waals surface area contributed by atoms with E-state index in [1.807, 2.05) is 24.3 Å². The first kappa shape index (κ1) is 14.1. The molecule has 1 N–H and O–H groups in total. The minimum absolute atomic E-state index is 0.0114. The molecule has 1 aromatic carbocycles. The van der Waals surface area contributed by atoms with Crippen molar-refractivity contribution in [2.24, 2.45) is 23.7 Å². The number of fused-ring (bicyclic) bond motifs is 2. The molecular weight excluding hydrogens is 290 g/mol. The summed E-state index contributed by atoms with van der Waals surface area (Å²) in [5.74, 6) is -2.64. The van der Waals surface area contributed by atoms with Gasteiger partial charge in [0.05, 0.1) is 5.92 Å². The molecule has 110 valence electrons. The second kappa shape index (κ2) is 5.53. The summed E-state index contributed by atoms with van der Waals surface area (Å²) in [4.78, 5) is 23.6. The van der Waals surface area contributed by atoms with Gasteiger partial charge >= 0.3 is 0 Å². The Morgan fingerprint density at radius 3 is 2.62 bits per heavy atom. The van der Waals surface area contributed by atoms with Crippen molar-refractivity contribution in [3.63, 3.8) is 0 Å². The molecule has 1 fully saturated rings. The van der Waals surface area contributed by atoms with Crippen LogP contribution in [0.3, 0.4) is 0 Å². The molecule has 2 bridgehead atoms. The second-order valence-corrected chi connectivity index (χ2v) is 6.10. The van der Waals surface area contributed by atoms with Crippen LogP contribution in [0.1, 0.15) is 12.0 Å². The van der Waals surface area contributed by atoms with Gasteiger partial charge in [-0.15, -0.1) is 0 Å². The van der Waals surface area contributed by atoms with Crippen LogP contribution in [-0.2, 0) is 16.1 Å². The molecule has 0 radical (unpaired) electrons. The van der Waals surface area contributed by atoms with Crippen molar-refractivity contribution in [2.75, 3.05) is 0 Å². The first-order valence-corrected chi connectivity index (χ1v) is 7.35. The SMILES string of the molecule is O=C(NCc1cccc(Cl)c1)[C@@H]1[C@@H](C(=O)[O-])[C@H]2C=C[C@@H]1C2. The van der Waals surface area contributed by atoms with Crippen molar-refractivity contribution >= 4 is 23.5 Å². The highest BCUT2D eigenvalue weighted by Gasteiger charge is 2.48. The Morgan fingerprint density at radius 1 is 1.24 bits per heavy atom. The summed E-state index contributed by atoms with van der Waals surface area (Å²) in [5.41, 5.74) is 0.888. The van der Waals surface area contributed by atoms with Crippen LogP contribution in [0, 0.1) is 23.7 Å². The number of halogens is 1. The molecular formula is C16H15ClNO3-. The van der Waals surface area contributed by atoms with Crippen molar-refractivity contribution < 1.29 is 14.7 Å². The quantitative estimate of drug-likeness (QED) is 0.848. The van der Waals surface area contributed by atoms with Gasteiger partial charge in [-0.2, -0.15) is 0 Å². The molecule has 5 heteroatoms. The highest BCUT2D eigenvalue weighted by Crippen LogP contribution is 2.47. The van der Waals surface area contributed by atoms with E-state index in [1.54, 1.807) is 12.1 Å². The number of hydrogen-bond acceptors (Lipinski definition) is 3. The average molecular weight is 305 g/mol. The molecule has 3 rings (SSSR count). The standard InChI is InChI=1S/C16H16ClNO3/c17-12-3-1-2-9(6-12)8-18-15(19)13-10-4-5-11(7-10)14(13)16(20)21/h1-6,10-11,13-14H,7-8H2,(H,18,19)(H,20,21)/p-1/t10-,11+,13+,14+/m1/s1. The third-order valence-corrected chi connectivity index (χ3v) is 4.63. The number of hydrogen-bond donors (Lipinski definition) is 1. The maximum Gasteiger partial charge on any atom is 0.224 e. The molecule has 0 saturated heterocycles. The Kier molecular flexibility index (Phi) is 3.72. The molecule has 1 amide bonds. The highest BCUT2D eigenvalue weighted by atomic mass is 35.5. The van der Waals surface area contributed by atoms with Crippen molar-refractivity contribution in [1.82, 2.24) is 5.32 Å². The number of carbonyl (C=O) groups is 2. The van der Waals surface area contributed by atoms with Gasteiger partial charge in [-0.1, -0.05) is 35.9 Å². The first-order valence-electron chi connectivity index (χ1n) is 6.97. The fraction of sp³-hybridized carbons (Fsp3) is 0.375. The number of benzene rings is 1. The number of carboxylic acid groups (broad SMARTS) is 1. The zero-order valence-corrected chi connectivity index (χ0v) is 12.0. The Bertz CT molecular complexity index is 613. The molecule has 0 spiro atoms. The highest BCUT2D eigenvalue weighted by molar-refractivity contribution is 6.30. The van der Waals surface area contributed by atoms with Crippen LogP contribution in [0.15, 0.2) is 36.4 Å². The lowest BCUT2D eigenvalue weighted by molar-refractivity contribution is -0.313. The van der Waals surface area contributed by atoms with Gasteiger partial charge in [0.1, 0.15) is 0 Å². The summed E-state index contributed by atoms with van der Waals surface area (Å²) in [5, 5.41) is 14.7. The van der Waals surface area contributed by atoms with E-state index in [2.05, 4.69) is 5.32 Å². The van der Waals surface area contributed by atoms with Crippen LogP contribution in [0.4, 0.5) is 0 Å². The Morgan fingerprint density at radius 2 is 1.95 bits per heavy atom. The third kappa shape index (κ3) is 2.68. The van der Waals surface area contributed by atoms with Crippen LogP contribution < -0.4 is 10.4 Å². The molecule has 21 heavy (non-hydrogen) atoms. The number of amides is 1. The Balaban J connectivity index is 1.68. The smallest absolute Gasteiger partial charge is 0.224 e. The van der Waals surface area contributed by atoms with Gasteiger partial charge in [0.25, 0.3) is 0 Å². The summed E-state index contributed by atoms with van der Waals surface area (Å²) in [7, 11) is 0. The topological polar surface area (TPSA) is 69.2 Å². The molecule has 2 aliphatic carbocycles. The van der Waals surface area contributed by atoms with E-state index in [4.69, 9.17) is 11.6 Å². The lowest BCUT2D eigenvalue weighted by Gasteiger charge is -2.27. The molecule has 0 unspecified atom stereocenters. The molecule has 1 aromatic rings. The number of rotatable bonds is 4. The van der Waals surface area contributed by atoms with Gasteiger partial charge in [-0.25, -0.2) is 0 Å². The van der Waals surface area contributed by atoms with E-state index in [9.17, 15) is 14.7 Å². The van der Waals surface area contributed by atoms with Crippen molar-refractivity contribution in [2.45, 2.75) is 13.0 Å². The number of allylic oxidation sites excluding steroid dienone is 2. The minimum atomic E-state index is -1.13. The second-order valence-electron chi connectivity index (χ2n) is 5.67. The zero-order chi connectivity index (χ0) is 15.0. The van der Waals surface area contributed by atoms with E-state index in [0.717, 1.165) is 12.0 Å². The van der Waals surface area contributed by atoms with E-state index < -0.39 is 17.8 Å². The predicted octanol–water partition coefficient (Wildman–Crippen LogP) is 1.14.